The third-order valence-corrected chi connectivity index (χ3v) is 4.32. The van der Waals surface area contributed by atoms with Crippen molar-refractivity contribution in [2.45, 2.75) is 18.8 Å². The fraction of sp³-hybridized carbons (Fsp3) is 0.350. The van der Waals surface area contributed by atoms with Gasteiger partial charge in [0, 0.05) is 44.9 Å². The Hall–Kier alpha value is -3.91. The Balaban J connectivity index is 1.99. The molecule has 2 N–H and O–H groups in total. The van der Waals surface area contributed by atoms with E-state index in [0.29, 0.717) is 12.1 Å². The molecule has 15 heteroatoms. The lowest BCUT2D eigenvalue weighted by atomic mass is 10.0. The fourth-order valence-electron chi connectivity index (χ4n) is 2.49. The Morgan fingerprint density at radius 2 is 1.60 bits per heavy atom. The van der Waals surface area contributed by atoms with E-state index in [2.05, 4.69) is 20.7 Å². The predicted octanol–water partition coefficient (Wildman–Crippen LogP) is 2.16. The van der Waals surface area contributed by atoms with Crippen LogP contribution in [0.5, 0.6) is 0 Å². The lowest BCUT2D eigenvalue weighted by Crippen LogP contribution is -2.37. The van der Waals surface area contributed by atoms with Crippen LogP contribution in [0, 0.1) is 0 Å². The second kappa shape index (κ2) is 11.0. The van der Waals surface area contributed by atoms with Gasteiger partial charge in [-0.15, -0.1) is 5.10 Å². The molecule has 0 bridgehead atoms. The summed E-state index contributed by atoms with van der Waals surface area (Å²) in [6, 6.07) is 0.968. The van der Waals surface area contributed by atoms with Crippen molar-refractivity contribution < 1.29 is 40.7 Å². The SMILES string of the molecule is CN(C)C(=O)CNC(=O)CCNC(=O)/C=C\n1cnc(-c2cc(C(F)(F)F)cc(C(F)(F)F)c2)n1. The van der Waals surface area contributed by atoms with E-state index in [1.165, 1.54) is 19.0 Å². The minimum Gasteiger partial charge on any atom is -0.352 e. The van der Waals surface area contributed by atoms with E-state index in [0.717, 1.165) is 23.3 Å². The summed E-state index contributed by atoms with van der Waals surface area (Å²) >= 11 is 0. The van der Waals surface area contributed by atoms with Crippen LogP contribution >= 0.6 is 0 Å². The Labute approximate surface area is 194 Å². The van der Waals surface area contributed by atoms with E-state index in [4.69, 9.17) is 0 Å². The molecule has 0 saturated carbocycles. The Bertz CT molecular complexity index is 1080. The highest BCUT2D eigenvalue weighted by Crippen LogP contribution is 2.38. The second-order valence-electron chi connectivity index (χ2n) is 7.26. The molecular weight excluding hydrogens is 486 g/mol. The highest BCUT2D eigenvalue weighted by atomic mass is 19.4. The van der Waals surface area contributed by atoms with E-state index in [9.17, 15) is 40.7 Å². The van der Waals surface area contributed by atoms with Gasteiger partial charge >= 0.3 is 12.4 Å². The molecule has 1 heterocycles. The second-order valence-corrected chi connectivity index (χ2v) is 7.26. The number of aromatic nitrogens is 3. The first-order valence-electron chi connectivity index (χ1n) is 9.80. The summed E-state index contributed by atoms with van der Waals surface area (Å²) in [5, 5.41) is 8.53. The molecule has 0 unspecified atom stereocenters. The number of hydrogen-bond donors (Lipinski definition) is 2. The highest BCUT2D eigenvalue weighted by Gasteiger charge is 2.37. The van der Waals surface area contributed by atoms with Crippen molar-refractivity contribution in [3.63, 3.8) is 0 Å². The smallest absolute Gasteiger partial charge is 0.352 e. The molecule has 2 rings (SSSR count). The lowest BCUT2D eigenvalue weighted by Gasteiger charge is -2.13. The molecule has 0 fully saturated rings. The number of rotatable bonds is 8. The average Bonchev–Trinajstić information content (AvgIpc) is 3.23. The maximum atomic E-state index is 13.0. The number of hydrogen-bond acceptors (Lipinski definition) is 5. The molecule has 190 valence electrons. The number of halogens is 6. The Kier molecular flexibility index (Phi) is 8.60. The first-order chi connectivity index (χ1) is 16.2. The van der Waals surface area contributed by atoms with Crippen molar-refractivity contribution in [1.29, 1.82) is 0 Å². The van der Waals surface area contributed by atoms with Crippen LogP contribution in [0.4, 0.5) is 26.3 Å². The minimum absolute atomic E-state index is 0.00882. The molecule has 35 heavy (non-hydrogen) atoms. The number of carbonyl (C=O) groups excluding carboxylic acids is 3. The summed E-state index contributed by atoms with van der Waals surface area (Å²) in [7, 11) is 3.05. The zero-order chi connectivity index (χ0) is 26.4. The van der Waals surface area contributed by atoms with Gasteiger partial charge in [0.05, 0.1) is 17.7 Å². The molecule has 2 aromatic rings. The van der Waals surface area contributed by atoms with Crippen LogP contribution in [0.2, 0.25) is 0 Å². The normalized spacial score (nSPS) is 12.0. The van der Waals surface area contributed by atoms with Gasteiger partial charge in [0.15, 0.2) is 5.82 Å². The van der Waals surface area contributed by atoms with Crippen molar-refractivity contribution in [1.82, 2.24) is 30.3 Å². The Morgan fingerprint density at radius 1 is 1.00 bits per heavy atom. The van der Waals surface area contributed by atoms with Crippen LogP contribution in [0.3, 0.4) is 0 Å². The molecule has 0 aliphatic rings. The first-order valence-corrected chi connectivity index (χ1v) is 9.80. The average molecular weight is 506 g/mol. The van der Waals surface area contributed by atoms with Crippen LogP contribution in [-0.4, -0.2) is 64.6 Å². The van der Waals surface area contributed by atoms with Gasteiger partial charge in [-0.2, -0.15) is 26.3 Å². The zero-order valence-corrected chi connectivity index (χ0v) is 18.4. The fourth-order valence-corrected chi connectivity index (χ4v) is 2.49. The van der Waals surface area contributed by atoms with Crippen molar-refractivity contribution in [3.05, 3.63) is 41.7 Å². The molecule has 0 spiro atoms. The molecule has 1 aromatic heterocycles. The maximum Gasteiger partial charge on any atom is 0.416 e. The van der Waals surface area contributed by atoms with E-state index in [-0.39, 0.29) is 31.5 Å². The van der Waals surface area contributed by atoms with Gasteiger partial charge in [0.2, 0.25) is 17.7 Å². The van der Waals surface area contributed by atoms with E-state index < -0.39 is 46.7 Å². The largest absolute Gasteiger partial charge is 0.416 e. The van der Waals surface area contributed by atoms with E-state index in [1.807, 2.05) is 0 Å². The Morgan fingerprint density at radius 3 is 2.14 bits per heavy atom. The van der Waals surface area contributed by atoms with Gasteiger partial charge in [0.25, 0.3) is 0 Å². The third-order valence-electron chi connectivity index (χ3n) is 4.32. The third kappa shape index (κ3) is 8.42. The predicted molar refractivity (Wildman–Crippen MR) is 110 cm³/mol. The number of benzene rings is 1. The summed E-state index contributed by atoms with van der Waals surface area (Å²) in [5.41, 5.74) is -3.53. The van der Waals surface area contributed by atoms with E-state index in [1.54, 1.807) is 0 Å². The number of nitrogens with one attached hydrogen (secondary N) is 2. The minimum atomic E-state index is -5.02. The summed E-state index contributed by atoms with van der Waals surface area (Å²) < 4.78 is 79.0. The molecule has 9 nitrogen and oxygen atoms in total. The summed E-state index contributed by atoms with van der Waals surface area (Å²) in [5.74, 6) is -1.85. The van der Waals surface area contributed by atoms with Crippen LogP contribution in [-0.2, 0) is 26.7 Å². The molecule has 0 aliphatic carbocycles. The summed E-state index contributed by atoms with van der Waals surface area (Å²) in [6.07, 6.45) is -7.11. The van der Waals surface area contributed by atoms with Gasteiger partial charge in [-0.25, -0.2) is 9.67 Å². The number of nitrogens with zero attached hydrogens (tertiary/aromatic N) is 4. The molecule has 3 amide bonds. The number of amides is 3. The quantitative estimate of drug-likeness (QED) is 0.422. The standard InChI is InChI=1S/C20H20F6N6O3/c1-31(2)17(35)10-28-15(33)3-5-27-16(34)4-6-32-11-29-18(30-32)12-7-13(19(21,22)23)9-14(8-12)20(24,25)26/h4,6-9,11H,3,5,10H2,1-2H3,(H,27,34)(H,28,33)/b6-4-. The van der Waals surface area contributed by atoms with Gasteiger partial charge in [-0.05, 0) is 18.2 Å². The van der Waals surface area contributed by atoms with E-state index >= 15 is 0 Å². The highest BCUT2D eigenvalue weighted by molar-refractivity contribution is 5.90. The molecule has 0 aliphatic heterocycles. The van der Waals surface area contributed by atoms with Gasteiger partial charge in [-0.1, -0.05) is 0 Å². The monoisotopic (exact) mass is 506 g/mol. The number of carbonyl (C=O) groups is 3. The molecular formula is C20H20F6N6O3. The zero-order valence-electron chi connectivity index (χ0n) is 18.4. The van der Waals surface area contributed by atoms with Crippen molar-refractivity contribution in [2.75, 3.05) is 27.2 Å². The van der Waals surface area contributed by atoms with Crippen LogP contribution in [0.15, 0.2) is 30.6 Å². The maximum absolute atomic E-state index is 13.0. The van der Waals surface area contributed by atoms with Gasteiger partial charge in [0.1, 0.15) is 6.33 Å². The molecule has 0 radical (unpaired) electrons. The van der Waals surface area contributed by atoms with Crippen molar-refractivity contribution in [3.8, 4) is 11.4 Å². The molecule has 1 aromatic carbocycles. The number of likely N-dealkylation sites (N-methyl/N-ethyl adjacent to an activating group) is 1. The topological polar surface area (TPSA) is 109 Å². The van der Waals surface area contributed by atoms with Gasteiger partial charge in [-0.3, -0.25) is 14.4 Å². The molecule has 0 saturated heterocycles. The first kappa shape index (κ1) is 27.3. The number of alkyl halides is 6. The summed E-state index contributed by atoms with van der Waals surface area (Å²) in [4.78, 5) is 39.8. The lowest BCUT2D eigenvalue weighted by molar-refractivity contribution is -0.143. The van der Waals surface area contributed by atoms with Crippen LogP contribution < -0.4 is 10.6 Å². The summed E-state index contributed by atoms with van der Waals surface area (Å²) in [6.45, 7) is -0.247. The molecule has 0 atom stereocenters. The van der Waals surface area contributed by atoms with Crippen LogP contribution in [0.25, 0.3) is 17.6 Å². The van der Waals surface area contributed by atoms with Crippen molar-refractivity contribution >= 4 is 23.9 Å². The van der Waals surface area contributed by atoms with Gasteiger partial charge < -0.3 is 15.5 Å². The van der Waals surface area contributed by atoms with Crippen LogP contribution in [0.1, 0.15) is 17.5 Å². The van der Waals surface area contributed by atoms with Crippen molar-refractivity contribution in [2.24, 2.45) is 0 Å².